The van der Waals surface area contributed by atoms with E-state index in [2.05, 4.69) is 5.32 Å². The topological polar surface area (TPSA) is 84.9 Å². The normalized spacial score (nSPS) is 15.7. The highest BCUT2D eigenvalue weighted by Crippen LogP contribution is 2.33. The van der Waals surface area contributed by atoms with Crippen LogP contribution < -0.4 is 19.7 Å². The second kappa shape index (κ2) is 7.33. The molecule has 0 radical (unpaired) electrons. The molecule has 0 atom stereocenters. The average Bonchev–Trinajstić information content (AvgIpc) is 2.66. The number of para-hydroxylation sites is 1. The minimum Gasteiger partial charge on any atom is -0.493 e. The van der Waals surface area contributed by atoms with Crippen LogP contribution in [0.4, 0.5) is 10.5 Å². The summed E-state index contributed by atoms with van der Waals surface area (Å²) in [6.07, 6.45) is 1.38. The largest absolute Gasteiger partial charge is 0.493 e. The van der Waals surface area contributed by atoms with Crippen molar-refractivity contribution in [1.82, 2.24) is 5.32 Å². The second-order valence-electron chi connectivity index (χ2n) is 5.88. The molecule has 1 aliphatic heterocycles. The Labute approximate surface area is 156 Å². The highest BCUT2D eigenvalue weighted by molar-refractivity contribution is 6.39. The van der Waals surface area contributed by atoms with Gasteiger partial charge in [0.2, 0.25) is 0 Å². The van der Waals surface area contributed by atoms with Crippen molar-refractivity contribution in [3.05, 3.63) is 59.2 Å². The predicted octanol–water partition coefficient (Wildman–Crippen LogP) is 2.68. The van der Waals surface area contributed by atoms with Crippen LogP contribution in [0.5, 0.6) is 11.5 Å². The van der Waals surface area contributed by atoms with Crippen LogP contribution in [0.2, 0.25) is 0 Å². The maximum atomic E-state index is 12.9. The molecular formula is C20H18N2O5. The number of nitrogens with zero attached hydrogens (tertiary/aromatic N) is 1. The molecule has 1 aliphatic rings. The summed E-state index contributed by atoms with van der Waals surface area (Å²) < 4.78 is 10.6. The van der Waals surface area contributed by atoms with Gasteiger partial charge in [0, 0.05) is 5.56 Å². The number of carbonyl (C=O) groups is 3. The summed E-state index contributed by atoms with van der Waals surface area (Å²) in [5.74, 6) is -0.635. The Hall–Kier alpha value is -3.61. The number of hydrogen-bond donors (Lipinski definition) is 1. The van der Waals surface area contributed by atoms with Crippen LogP contribution in [0.3, 0.4) is 0 Å². The first-order valence-electron chi connectivity index (χ1n) is 8.15. The smallest absolute Gasteiger partial charge is 0.335 e. The van der Waals surface area contributed by atoms with Gasteiger partial charge in [0.1, 0.15) is 5.57 Å². The second-order valence-corrected chi connectivity index (χ2v) is 5.88. The van der Waals surface area contributed by atoms with Gasteiger partial charge in [0.15, 0.2) is 11.5 Å². The summed E-state index contributed by atoms with van der Waals surface area (Å²) in [6, 6.07) is 11.2. The third-order valence-corrected chi connectivity index (χ3v) is 4.13. The van der Waals surface area contributed by atoms with Gasteiger partial charge in [-0.2, -0.15) is 0 Å². The van der Waals surface area contributed by atoms with Crippen molar-refractivity contribution in [2.75, 3.05) is 19.1 Å². The lowest BCUT2D eigenvalue weighted by molar-refractivity contribution is -0.122. The number of nitrogens with one attached hydrogen (secondary N) is 1. The number of methoxy groups -OCH3 is 2. The van der Waals surface area contributed by atoms with Crippen LogP contribution in [0.1, 0.15) is 11.1 Å². The SMILES string of the molecule is COc1cccc(/C=C2\C(=O)NC(=O)N(c3ccc(C)cc3)C2=O)c1OC. The molecule has 1 heterocycles. The zero-order valence-corrected chi connectivity index (χ0v) is 15.1. The highest BCUT2D eigenvalue weighted by atomic mass is 16.5. The van der Waals surface area contributed by atoms with Crippen molar-refractivity contribution in [3.63, 3.8) is 0 Å². The summed E-state index contributed by atoms with van der Waals surface area (Å²) in [6.45, 7) is 1.89. The Morgan fingerprint density at radius 2 is 1.67 bits per heavy atom. The zero-order chi connectivity index (χ0) is 19.6. The van der Waals surface area contributed by atoms with Crippen LogP contribution in [-0.2, 0) is 9.59 Å². The van der Waals surface area contributed by atoms with Crippen molar-refractivity contribution in [2.24, 2.45) is 0 Å². The minimum atomic E-state index is -0.788. The third kappa shape index (κ3) is 3.39. The fraction of sp³-hybridized carbons (Fsp3) is 0.150. The Bertz CT molecular complexity index is 947. The number of hydrogen-bond acceptors (Lipinski definition) is 5. The summed E-state index contributed by atoms with van der Waals surface area (Å²) in [5, 5.41) is 2.20. The molecule has 0 aromatic heterocycles. The van der Waals surface area contributed by atoms with Gasteiger partial charge in [-0.3, -0.25) is 14.9 Å². The van der Waals surface area contributed by atoms with Crippen molar-refractivity contribution < 1.29 is 23.9 Å². The number of aryl methyl sites for hydroxylation is 1. The van der Waals surface area contributed by atoms with Crippen LogP contribution in [0, 0.1) is 6.92 Å². The summed E-state index contributed by atoms with van der Waals surface area (Å²) in [7, 11) is 2.95. The van der Waals surface area contributed by atoms with Gasteiger partial charge in [-0.05, 0) is 31.2 Å². The summed E-state index contributed by atoms with van der Waals surface area (Å²) in [5.41, 5.74) is 1.66. The number of benzene rings is 2. The molecule has 2 aromatic rings. The maximum absolute atomic E-state index is 12.9. The molecule has 0 bridgehead atoms. The molecule has 0 saturated carbocycles. The summed E-state index contributed by atoms with van der Waals surface area (Å²) in [4.78, 5) is 38.3. The molecule has 7 heteroatoms. The molecule has 7 nitrogen and oxygen atoms in total. The third-order valence-electron chi connectivity index (χ3n) is 4.13. The maximum Gasteiger partial charge on any atom is 0.335 e. The summed E-state index contributed by atoms with van der Waals surface area (Å²) >= 11 is 0. The molecule has 1 N–H and O–H groups in total. The van der Waals surface area contributed by atoms with E-state index in [9.17, 15) is 14.4 Å². The minimum absolute atomic E-state index is 0.179. The molecule has 138 valence electrons. The van der Waals surface area contributed by atoms with Crippen molar-refractivity contribution in [2.45, 2.75) is 6.92 Å². The Morgan fingerprint density at radius 1 is 0.963 bits per heavy atom. The van der Waals surface area contributed by atoms with Gasteiger partial charge in [-0.15, -0.1) is 0 Å². The van der Waals surface area contributed by atoms with Crippen molar-refractivity contribution in [3.8, 4) is 11.5 Å². The molecular weight excluding hydrogens is 348 g/mol. The highest BCUT2D eigenvalue weighted by Gasteiger charge is 2.37. The standard InChI is InChI=1S/C20H18N2O5/c1-12-7-9-14(10-8-12)22-19(24)15(18(23)21-20(22)25)11-13-5-4-6-16(26-2)17(13)27-3/h4-11H,1-3H3,(H,21,23,25)/b15-11+. The van der Waals surface area contributed by atoms with E-state index in [1.54, 1.807) is 42.5 Å². The van der Waals surface area contributed by atoms with Gasteiger partial charge in [0.25, 0.3) is 11.8 Å². The lowest BCUT2D eigenvalue weighted by Gasteiger charge is -2.26. The van der Waals surface area contributed by atoms with Crippen molar-refractivity contribution in [1.29, 1.82) is 0 Å². The first kappa shape index (κ1) is 18.2. The van der Waals surface area contributed by atoms with E-state index in [0.717, 1.165) is 10.5 Å². The van der Waals surface area contributed by atoms with Gasteiger partial charge < -0.3 is 9.47 Å². The van der Waals surface area contributed by atoms with Gasteiger partial charge in [-0.25, -0.2) is 9.69 Å². The number of imide groups is 2. The fourth-order valence-electron chi connectivity index (χ4n) is 2.77. The van der Waals surface area contributed by atoms with Crippen molar-refractivity contribution >= 4 is 29.6 Å². The molecule has 4 amide bonds. The molecule has 1 fully saturated rings. The Morgan fingerprint density at radius 3 is 2.30 bits per heavy atom. The van der Waals surface area contributed by atoms with Gasteiger partial charge >= 0.3 is 6.03 Å². The number of amides is 4. The van der Waals surface area contributed by atoms with Crippen LogP contribution in [0.25, 0.3) is 6.08 Å². The van der Waals surface area contributed by atoms with Crippen LogP contribution in [0.15, 0.2) is 48.0 Å². The number of urea groups is 1. The molecule has 2 aromatic carbocycles. The Kier molecular flexibility index (Phi) is 4.94. The molecule has 1 saturated heterocycles. The molecule has 3 rings (SSSR count). The van der Waals surface area contributed by atoms with Gasteiger partial charge in [0.05, 0.1) is 19.9 Å². The number of barbiturate groups is 1. The van der Waals surface area contributed by atoms with E-state index in [-0.39, 0.29) is 5.57 Å². The number of ether oxygens (including phenoxy) is 2. The van der Waals surface area contributed by atoms with E-state index in [1.165, 1.54) is 20.3 Å². The van der Waals surface area contributed by atoms with E-state index >= 15 is 0 Å². The lowest BCUT2D eigenvalue weighted by Crippen LogP contribution is -2.54. The lowest BCUT2D eigenvalue weighted by atomic mass is 10.1. The molecule has 0 unspecified atom stereocenters. The number of carbonyl (C=O) groups excluding carboxylic acids is 3. The average molecular weight is 366 g/mol. The van der Waals surface area contributed by atoms with Crippen LogP contribution in [-0.4, -0.2) is 32.1 Å². The molecule has 27 heavy (non-hydrogen) atoms. The first-order valence-corrected chi connectivity index (χ1v) is 8.15. The Balaban J connectivity index is 2.06. The predicted molar refractivity (Wildman–Crippen MR) is 99.7 cm³/mol. The molecule has 0 aliphatic carbocycles. The monoisotopic (exact) mass is 366 g/mol. The first-order chi connectivity index (χ1) is 13.0. The van der Waals surface area contributed by atoms with E-state index in [4.69, 9.17) is 9.47 Å². The van der Waals surface area contributed by atoms with E-state index in [0.29, 0.717) is 22.7 Å². The van der Waals surface area contributed by atoms with Crippen LogP contribution >= 0.6 is 0 Å². The quantitative estimate of drug-likeness (QED) is 0.664. The van der Waals surface area contributed by atoms with Gasteiger partial charge in [-0.1, -0.05) is 29.8 Å². The van der Waals surface area contributed by atoms with E-state index < -0.39 is 17.8 Å². The molecule has 0 spiro atoms. The van der Waals surface area contributed by atoms with E-state index in [1.807, 2.05) is 6.92 Å². The number of anilines is 1. The fourth-order valence-corrected chi connectivity index (χ4v) is 2.77. The number of rotatable bonds is 4. The zero-order valence-electron chi connectivity index (χ0n) is 15.1.